The Kier molecular flexibility index (Phi) is 4.90. The monoisotopic (exact) mass is 340 g/mol. The predicted octanol–water partition coefficient (Wildman–Crippen LogP) is 3.09. The van der Waals surface area contributed by atoms with Crippen LogP contribution >= 0.6 is 11.8 Å². The smallest absolute Gasteiger partial charge is 0.256 e. The SMILES string of the molecule is CSc1nc(-c2ccco2)nc(C)c1C(=O)NCc1cccnc1. The van der Waals surface area contributed by atoms with E-state index in [9.17, 15) is 4.79 Å². The molecule has 6 nitrogen and oxygen atoms in total. The van der Waals surface area contributed by atoms with E-state index in [1.807, 2.05) is 18.4 Å². The van der Waals surface area contributed by atoms with Gasteiger partial charge in [-0.05, 0) is 36.9 Å². The summed E-state index contributed by atoms with van der Waals surface area (Å²) in [7, 11) is 0. The number of nitrogens with zero attached hydrogens (tertiary/aromatic N) is 3. The largest absolute Gasteiger partial charge is 0.461 e. The standard InChI is InChI=1S/C17H16N4O2S/c1-11-14(16(22)19-10-12-5-3-7-18-9-12)17(24-2)21-15(20-11)13-6-4-8-23-13/h3-9H,10H2,1-2H3,(H,19,22). The summed E-state index contributed by atoms with van der Waals surface area (Å²) in [5, 5.41) is 3.51. The Labute approximate surface area is 143 Å². The number of furan rings is 1. The normalized spacial score (nSPS) is 10.6. The van der Waals surface area contributed by atoms with Crippen LogP contribution in [0.4, 0.5) is 0 Å². The average Bonchev–Trinajstić information content (AvgIpc) is 3.14. The van der Waals surface area contributed by atoms with Crippen LogP contribution in [0.5, 0.6) is 0 Å². The van der Waals surface area contributed by atoms with Gasteiger partial charge >= 0.3 is 0 Å². The number of nitrogens with one attached hydrogen (secondary N) is 1. The summed E-state index contributed by atoms with van der Waals surface area (Å²) in [6, 6.07) is 7.32. The summed E-state index contributed by atoms with van der Waals surface area (Å²) >= 11 is 1.41. The molecule has 122 valence electrons. The van der Waals surface area contributed by atoms with Gasteiger partial charge in [0, 0.05) is 18.9 Å². The fourth-order valence-corrected chi connectivity index (χ4v) is 2.87. The molecule has 0 aliphatic heterocycles. The van der Waals surface area contributed by atoms with Crippen molar-refractivity contribution in [1.82, 2.24) is 20.3 Å². The van der Waals surface area contributed by atoms with Gasteiger partial charge in [0.05, 0.1) is 17.5 Å². The van der Waals surface area contributed by atoms with E-state index < -0.39 is 0 Å². The number of amides is 1. The van der Waals surface area contributed by atoms with Crippen LogP contribution in [-0.2, 0) is 6.54 Å². The first-order valence-corrected chi connectivity index (χ1v) is 8.55. The highest BCUT2D eigenvalue weighted by atomic mass is 32.2. The van der Waals surface area contributed by atoms with Crippen LogP contribution in [0.15, 0.2) is 52.4 Å². The summed E-state index contributed by atoms with van der Waals surface area (Å²) in [4.78, 5) is 25.5. The fourth-order valence-electron chi connectivity index (χ4n) is 2.25. The molecule has 0 aliphatic rings. The Hall–Kier alpha value is -2.67. The van der Waals surface area contributed by atoms with Crippen LogP contribution < -0.4 is 5.32 Å². The minimum absolute atomic E-state index is 0.202. The Balaban J connectivity index is 1.85. The lowest BCUT2D eigenvalue weighted by Gasteiger charge is -2.11. The number of thioether (sulfide) groups is 1. The van der Waals surface area contributed by atoms with Crippen molar-refractivity contribution in [3.63, 3.8) is 0 Å². The zero-order valence-corrected chi connectivity index (χ0v) is 14.1. The van der Waals surface area contributed by atoms with Crippen LogP contribution in [-0.4, -0.2) is 27.1 Å². The molecule has 3 heterocycles. The molecule has 0 unspecified atom stereocenters. The Morgan fingerprint density at radius 2 is 2.17 bits per heavy atom. The minimum atomic E-state index is -0.202. The van der Waals surface area contributed by atoms with Gasteiger partial charge in [-0.25, -0.2) is 9.97 Å². The third-order valence-corrected chi connectivity index (χ3v) is 4.08. The quantitative estimate of drug-likeness (QED) is 0.568. The van der Waals surface area contributed by atoms with Crippen LogP contribution in [0.25, 0.3) is 11.6 Å². The summed E-state index contributed by atoms with van der Waals surface area (Å²) in [6.07, 6.45) is 6.87. The number of aryl methyl sites for hydroxylation is 1. The second kappa shape index (κ2) is 7.27. The lowest BCUT2D eigenvalue weighted by Crippen LogP contribution is -2.25. The molecule has 3 rings (SSSR count). The molecule has 0 atom stereocenters. The summed E-state index contributed by atoms with van der Waals surface area (Å²) in [5.74, 6) is 0.855. The second-order valence-corrected chi connectivity index (χ2v) is 5.83. The first-order valence-electron chi connectivity index (χ1n) is 7.32. The maximum atomic E-state index is 12.6. The number of aromatic nitrogens is 3. The number of hydrogen-bond acceptors (Lipinski definition) is 6. The van der Waals surface area contributed by atoms with Crippen LogP contribution in [0.2, 0.25) is 0 Å². The van der Waals surface area contributed by atoms with Crippen molar-refractivity contribution < 1.29 is 9.21 Å². The van der Waals surface area contributed by atoms with Gasteiger partial charge in [0.15, 0.2) is 11.6 Å². The minimum Gasteiger partial charge on any atom is -0.461 e. The Bertz CT molecular complexity index is 835. The number of rotatable bonds is 5. The molecule has 3 aromatic heterocycles. The van der Waals surface area contributed by atoms with Gasteiger partial charge in [0.2, 0.25) is 0 Å². The molecule has 3 aromatic rings. The molecule has 0 fully saturated rings. The van der Waals surface area contributed by atoms with E-state index in [4.69, 9.17) is 4.42 Å². The van der Waals surface area contributed by atoms with Crippen molar-refractivity contribution in [2.75, 3.05) is 6.26 Å². The van der Waals surface area contributed by atoms with Crippen molar-refractivity contribution in [1.29, 1.82) is 0 Å². The maximum absolute atomic E-state index is 12.6. The van der Waals surface area contributed by atoms with E-state index in [0.29, 0.717) is 34.4 Å². The summed E-state index contributed by atoms with van der Waals surface area (Å²) in [5.41, 5.74) is 2.04. The highest BCUT2D eigenvalue weighted by Crippen LogP contribution is 2.25. The second-order valence-electron chi connectivity index (χ2n) is 5.04. The first kappa shape index (κ1) is 16.2. The molecule has 0 spiro atoms. The van der Waals surface area contributed by atoms with Crippen molar-refractivity contribution in [2.45, 2.75) is 18.5 Å². The average molecular weight is 340 g/mol. The van der Waals surface area contributed by atoms with E-state index in [1.54, 1.807) is 37.7 Å². The highest BCUT2D eigenvalue weighted by molar-refractivity contribution is 7.98. The highest BCUT2D eigenvalue weighted by Gasteiger charge is 2.19. The van der Waals surface area contributed by atoms with Gasteiger partial charge in [-0.3, -0.25) is 9.78 Å². The van der Waals surface area contributed by atoms with Gasteiger partial charge in [0.1, 0.15) is 5.03 Å². The molecule has 0 saturated heterocycles. The van der Waals surface area contributed by atoms with E-state index in [1.165, 1.54) is 11.8 Å². The third-order valence-electron chi connectivity index (χ3n) is 3.39. The third kappa shape index (κ3) is 3.46. The molecule has 24 heavy (non-hydrogen) atoms. The Morgan fingerprint density at radius 1 is 1.29 bits per heavy atom. The molecule has 0 radical (unpaired) electrons. The Morgan fingerprint density at radius 3 is 2.83 bits per heavy atom. The van der Waals surface area contributed by atoms with Crippen molar-refractivity contribution >= 4 is 17.7 Å². The fraction of sp³-hybridized carbons (Fsp3) is 0.176. The molecule has 0 bridgehead atoms. The number of hydrogen-bond donors (Lipinski definition) is 1. The molecule has 0 aliphatic carbocycles. The first-order chi connectivity index (χ1) is 11.7. The lowest BCUT2D eigenvalue weighted by atomic mass is 10.2. The molecule has 0 aromatic carbocycles. The van der Waals surface area contributed by atoms with Crippen LogP contribution in [0.1, 0.15) is 21.6 Å². The van der Waals surface area contributed by atoms with Crippen molar-refractivity contribution in [2.24, 2.45) is 0 Å². The maximum Gasteiger partial charge on any atom is 0.256 e. The van der Waals surface area contributed by atoms with Gasteiger partial charge in [-0.15, -0.1) is 11.8 Å². The topological polar surface area (TPSA) is 80.9 Å². The van der Waals surface area contributed by atoms with Crippen LogP contribution in [0.3, 0.4) is 0 Å². The van der Waals surface area contributed by atoms with Gasteiger partial charge in [0.25, 0.3) is 5.91 Å². The van der Waals surface area contributed by atoms with Crippen molar-refractivity contribution in [3.8, 4) is 11.6 Å². The molecular weight excluding hydrogens is 324 g/mol. The van der Waals surface area contributed by atoms with Gasteiger partial charge in [-0.2, -0.15) is 0 Å². The number of pyridine rings is 1. The van der Waals surface area contributed by atoms with E-state index >= 15 is 0 Å². The van der Waals surface area contributed by atoms with E-state index in [-0.39, 0.29) is 5.91 Å². The van der Waals surface area contributed by atoms with Crippen molar-refractivity contribution in [3.05, 3.63) is 59.7 Å². The van der Waals surface area contributed by atoms with Gasteiger partial charge in [-0.1, -0.05) is 6.07 Å². The number of carbonyl (C=O) groups is 1. The molecular formula is C17H16N4O2S. The van der Waals surface area contributed by atoms with E-state index in [0.717, 1.165) is 5.56 Å². The number of carbonyl (C=O) groups excluding carboxylic acids is 1. The lowest BCUT2D eigenvalue weighted by molar-refractivity contribution is 0.0946. The molecule has 7 heteroatoms. The summed E-state index contributed by atoms with van der Waals surface area (Å²) in [6.45, 7) is 2.20. The zero-order chi connectivity index (χ0) is 16.9. The zero-order valence-electron chi connectivity index (χ0n) is 13.3. The molecule has 1 N–H and O–H groups in total. The van der Waals surface area contributed by atoms with Crippen LogP contribution in [0, 0.1) is 6.92 Å². The van der Waals surface area contributed by atoms with E-state index in [2.05, 4.69) is 20.3 Å². The summed E-state index contributed by atoms with van der Waals surface area (Å²) < 4.78 is 5.34. The predicted molar refractivity (Wildman–Crippen MR) is 91.7 cm³/mol. The molecule has 0 saturated carbocycles. The van der Waals surface area contributed by atoms with Gasteiger partial charge < -0.3 is 9.73 Å². The molecule has 1 amide bonds.